The first-order chi connectivity index (χ1) is 5.36. The normalized spacial score (nSPS) is 23.3. The maximum absolute atomic E-state index is 11.5. The molecule has 0 amide bonds. The molecule has 0 aromatic rings. The van der Waals surface area contributed by atoms with Crippen LogP contribution in [-0.4, -0.2) is 5.78 Å². The maximum Gasteiger partial charge on any atom is 0.159 e. The number of hydrogen-bond donors (Lipinski definition) is 0. The van der Waals surface area contributed by atoms with Crippen molar-refractivity contribution in [1.82, 2.24) is 0 Å². The van der Waals surface area contributed by atoms with Crippen LogP contribution in [0.5, 0.6) is 0 Å². The van der Waals surface area contributed by atoms with Crippen LogP contribution >= 0.6 is 0 Å². The standard InChI is InChI=1S/C11H16O/c1-7-8(2)10(12)6-11(4,5)9(7)3/h3,6H2,1-2,4-5H3. The average Bonchev–Trinajstić information content (AvgIpc) is 1.97. The number of ketones is 1. The van der Waals surface area contributed by atoms with E-state index in [-0.39, 0.29) is 11.2 Å². The molecule has 0 N–H and O–H groups in total. The number of Topliss-reactive ketones (excluding diaryl/α,β-unsaturated/α-hetero) is 1. The summed E-state index contributed by atoms with van der Waals surface area (Å²) >= 11 is 0. The van der Waals surface area contributed by atoms with Gasteiger partial charge in [0.05, 0.1) is 0 Å². The number of carbonyl (C=O) groups excluding carboxylic acids is 1. The summed E-state index contributed by atoms with van der Waals surface area (Å²) in [4.78, 5) is 11.5. The molecule has 0 radical (unpaired) electrons. The molecule has 0 heterocycles. The van der Waals surface area contributed by atoms with E-state index in [9.17, 15) is 4.79 Å². The van der Waals surface area contributed by atoms with Crippen LogP contribution in [0.1, 0.15) is 34.1 Å². The molecule has 0 aromatic carbocycles. The number of hydrogen-bond acceptors (Lipinski definition) is 1. The van der Waals surface area contributed by atoms with Gasteiger partial charge in [-0.2, -0.15) is 0 Å². The van der Waals surface area contributed by atoms with Crippen LogP contribution < -0.4 is 0 Å². The molecule has 1 heteroatoms. The molecule has 0 saturated carbocycles. The average molecular weight is 164 g/mol. The number of rotatable bonds is 0. The third-order valence-corrected chi connectivity index (χ3v) is 2.85. The first kappa shape index (κ1) is 9.24. The predicted molar refractivity (Wildman–Crippen MR) is 50.9 cm³/mol. The monoisotopic (exact) mass is 164 g/mol. The first-order valence-electron chi connectivity index (χ1n) is 4.26. The van der Waals surface area contributed by atoms with Crippen molar-refractivity contribution in [1.29, 1.82) is 0 Å². The van der Waals surface area contributed by atoms with Crippen molar-refractivity contribution in [3.05, 3.63) is 23.3 Å². The summed E-state index contributed by atoms with van der Waals surface area (Å²) in [5, 5.41) is 0. The topological polar surface area (TPSA) is 17.1 Å². The second-order valence-corrected chi connectivity index (χ2v) is 4.21. The van der Waals surface area contributed by atoms with Gasteiger partial charge in [-0.15, -0.1) is 0 Å². The molecular formula is C11H16O. The molecule has 66 valence electrons. The maximum atomic E-state index is 11.5. The Balaban J connectivity index is 3.19. The van der Waals surface area contributed by atoms with E-state index in [1.165, 1.54) is 0 Å². The van der Waals surface area contributed by atoms with E-state index in [2.05, 4.69) is 20.4 Å². The Bertz CT molecular complexity index is 279. The van der Waals surface area contributed by atoms with E-state index in [1.54, 1.807) is 0 Å². The molecule has 1 aliphatic carbocycles. The minimum Gasteiger partial charge on any atom is -0.295 e. The molecule has 1 nitrogen and oxygen atoms in total. The van der Waals surface area contributed by atoms with Crippen molar-refractivity contribution in [2.45, 2.75) is 34.1 Å². The molecule has 12 heavy (non-hydrogen) atoms. The zero-order valence-corrected chi connectivity index (χ0v) is 8.32. The fraction of sp³-hybridized carbons (Fsp3) is 0.545. The van der Waals surface area contributed by atoms with Crippen molar-refractivity contribution in [3.8, 4) is 0 Å². The van der Waals surface area contributed by atoms with Gasteiger partial charge < -0.3 is 0 Å². The number of allylic oxidation sites excluding steroid dienone is 3. The molecule has 0 aliphatic heterocycles. The predicted octanol–water partition coefficient (Wildman–Crippen LogP) is 2.88. The quantitative estimate of drug-likeness (QED) is 0.538. The minimum atomic E-state index is -0.0410. The SMILES string of the molecule is C=C1C(C)=C(C)C(=O)CC1(C)C. The van der Waals surface area contributed by atoms with Crippen molar-refractivity contribution in [2.75, 3.05) is 0 Å². The molecular weight excluding hydrogens is 148 g/mol. The lowest BCUT2D eigenvalue weighted by atomic mass is 9.71. The summed E-state index contributed by atoms with van der Waals surface area (Å²) in [6, 6.07) is 0. The smallest absolute Gasteiger partial charge is 0.159 e. The van der Waals surface area contributed by atoms with Crippen LogP contribution in [0.4, 0.5) is 0 Å². The second kappa shape index (κ2) is 2.58. The van der Waals surface area contributed by atoms with Crippen LogP contribution in [0.25, 0.3) is 0 Å². The summed E-state index contributed by atoms with van der Waals surface area (Å²) in [6.07, 6.45) is 0.606. The Hall–Kier alpha value is -0.850. The van der Waals surface area contributed by atoms with Crippen LogP contribution in [0.3, 0.4) is 0 Å². The van der Waals surface area contributed by atoms with Crippen LogP contribution in [0.2, 0.25) is 0 Å². The van der Waals surface area contributed by atoms with Crippen molar-refractivity contribution < 1.29 is 4.79 Å². The van der Waals surface area contributed by atoms with Gasteiger partial charge >= 0.3 is 0 Å². The van der Waals surface area contributed by atoms with Crippen molar-refractivity contribution in [3.63, 3.8) is 0 Å². The van der Waals surface area contributed by atoms with Gasteiger partial charge in [-0.25, -0.2) is 0 Å². The van der Waals surface area contributed by atoms with E-state index in [1.807, 2.05) is 13.8 Å². The van der Waals surface area contributed by atoms with Gasteiger partial charge in [-0.3, -0.25) is 4.79 Å². The Morgan fingerprint density at radius 2 is 1.75 bits per heavy atom. The molecule has 0 unspecified atom stereocenters. The lowest BCUT2D eigenvalue weighted by molar-refractivity contribution is -0.117. The first-order valence-corrected chi connectivity index (χ1v) is 4.26. The molecule has 0 atom stereocenters. The Morgan fingerprint density at radius 1 is 1.25 bits per heavy atom. The molecule has 0 fully saturated rings. The van der Waals surface area contributed by atoms with Crippen LogP contribution in [0.15, 0.2) is 23.3 Å². The van der Waals surface area contributed by atoms with E-state index >= 15 is 0 Å². The minimum absolute atomic E-state index is 0.0410. The van der Waals surface area contributed by atoms with E-state index < -0.39 is 0 Å². The van der Waals surface area contributed by atoms with Gasteiger partial charge in [0, 0.05) is 6.42 Å². The Labute approximate surface area is 74.2 Å². The Kier molecular flexibility index (Phi) is 1.99. The fourth-order valence-corrected chi connectivity index (χ4v) is 1.58. The van der Waals surface area contributed by atoms with Crippen molar-refractivity contribution >= 4 is 5.78 Å². The van der Waals surface area contributed by atoms with Crippen LogP contribution in [0, 0.1) is 5.41 Å². The van der Waals surface area contributed by atoms with Gasteiger partial charge in [0.15, 0.2) is 5.78 Å². The summed E-state index contributed by atoms with van der Waals surface area (Å²) in [5.74, 6) is 0.268. The van der Waals surface area contributed by atoms with Gasteiger partial charge in [-0.05, 0) is 36.0 Å². The molecule has 1 rings (SSSR count). The van der Waals surface area contributed by atoms with E-state index in [4.69, 9.17) is 0 Å². The Morgan fingerprint density at radius 3 is 2.25 bits per heavy atom. The van der Waals surface area contributed by atoms with Gasteiger partial charge in [0.25, 0.3) is 0 Å². The van der Waals surface area contributed by atoms with Gasteiger partial charge in [-0.1, -0.05) is 20.4 Å². The summed E-state index contributed by atoms with van der Waals surface area (Å²) in [7, 11) is 0. The highest BCUT2D eigenvalue weighted by atomic mass is 16.1. The molecule has 0 spiro atoms. The third kappa shape index (κ3) is 1.24. The summed E-state index contributed by atoms with van der Waals surface area (Å²) in [5.41, 5.74) is 3.04. The van der Waals surface area contributed by atoms with Gasteiger partial charge in [0.1, 0.15) is 0 Å². The fourth-order valence-electron chi connectivity index (χ4n) is 1.58. The summed E-state index contributed by atoms with van der Waals surface area (Å²) < 4.78 is 0. The van der Waals surface area contributed by atoms with E-state index in [0.717, 1.165) is 16.7 Å². The zero-order valence-electron chi connectivity index (χ0n) is 8.32. The molecule has 1 aliphatic rings. The highest BCUT2D eigenvalue weighted by molar-refractivity contribution is 5.98. The number of carbonyl (C=O) groups is 1. The van der Waals surface area contributed by atoms with E-state index in [0.29, 0.717) is 6.42 Å². The molecule has 0 bridgehead atoms. The lowest BCUT2D eigenvalue weighted by Gasteiger charge is -2.32. The highest BCUT2D eigenvalue weighted by Crippen LogP contribution is 2.40. The van der Waals surface area contributed by atoms with Crippen LogP contribution in [-0.2, 0) is 4.79 Å². The third-order valence-electron chi connectivity index (χ3n) is 2.85. The second-order valence-electron chi connectivity index (χ2n) is 4.21. The van der Waals surface area contributed by atoms with Gasteiger partial charge in [0.2, 0.25) is 0 Å². The molecule has 0 aromatic heterocycles. The van der Waals surface area contributed by atoms with Crippen molar-refractivity contribution in [2.24, 2.45) is 5.41 Å². The largest absolute Gasteiger partial charge is 0.295 e. The zero-order chi connectivity index (χ0) is 9.52. The highest BCUT2D eigenvalue weighted by Gasteiger charge is 2.32. The molecule has 0 saturated heterocycles. The summed E-state index contributed by atoms with van der Waals surface area (Å²) in [6.45, 7) is 12.0. The lowest BCUT2D eigenvalue weighted by Crippen LogP contribution is -2.26.